The molecule has 1 amide bonds. The zero-order valence-electron chi connectivity index (χ0n) is 8.14. The molecule has 0 aromatic carbocycles. The first kappa shape index (κ1) is 10.3. The number of anilines is 1. The Morgan fingerprint density at radius 2 is 2.43 bits per heavy atom. The Bertz CT molecular complexity index is 323. The maximum atomic E-state index is 11.4. The number of rotatable bonds is 3. The van der Waals surface area contributed by atoms with Crippen molar-refractivity contribution >= 4 is 11.6 Å². The number of hydrogen-bond acceptors (Lipinski definition) is 4. The Kier molecular flexibility index (Phi) is 3.72. The summed E-state index contributed by atoms with van der Waals surface area (Å²) in [7, 11) is 1.54. The summed E-state index contributed by atoms with van der Waals surface area (Å²) in [6.45, 7) is 1.68. The monoisotopic (exact) mass is 192 g/mol. The number of pyridine rings is 1. The predicted octanol–water partition coefficient (Wildman–Crippen LogP) is 1.49. The van der Waals surface area contributed by atoms with Gasteiger partial charge in [-0.2, -0.15) is 10.2 Å². The molecule has 1 rings (SSSR count). The van der Waals surface area contributed by atoms with E-state index in [-0.39, 0.29) is 5.91 Å². The Labute approximate surface area is 82.3 Å². The Morgan fingerprint density at radius 1 is 1.64 bits per heavy atom. The van der Waals surface area contributed by atoms with Gasteiger partial charge in [-0.3, -0.25) is 9.78 Å². The second-order valence-corrected chi connectivity index (χ2v) is 2.72. The van der Waals surface area contributed by atoms with Gasteiger partial charge < -0.3 is 5.32 Å². The van der Waals surface area contributed by atoms with Gasteiger partial charge in [-0.25, -0.2) is 0 Å². The first-order valence-electron chi connectivity index (χ1n) is 4.24. The lowest BCUT2D eigenvalue weighted by molar-refractivity contribution is -0.117. The lowest BCUT2D eigenvalue weighted by Crippen LogP contribution is -2.23. The summed E-state index contributed by atoms with van der Waals surface area (Å²) in [6, 6.07) is 3.04. The molecule has 14 heavy (non-hydrogen) atoms. The van der Waals surface area contributed by atoms with E-state index in [1.165, 1.54) is 7.05 Å². The van der Waals surface area contributed by atoms with E-state index in [9.17, 15) is 4.79 Å². The van der Waals surface area contributed by atoms with E-state index in [2.05, 4.69) is 20.5 Å². The minimum atomic E-state index is -0.472. The molecule has 0 saturated carbocycles. The van der Waals surface area contributed by atoms with Gasteiger partial charge in [0.05, 0.1) is 11.9 Å². The lowest BCUT2D eigenvalue weighted by Gasteiger charge is -2.06. The van der Waals surface area contributed by atoms with Crippen LogP contribution in [-0.2, 0) is 4.79 Å². The van der Waals surface area contributed by atoms with Crippen molar-refractivity contribution in [2.75, 3.05) is 12.4 Å². The molecule has 5 heteroatoms. The third kappa shape index (κ3) is 2.93. The molecule has 0 saturated heterocycles. The van der Waals surface area contributed by atoms with Crippen molar-refractivity contribution in [1.29, 1.82) is 0 Å². The quantitative estimate of drug-likeness (QED) is 0.737. The molecule has 0 aliphatic rings. The topological polar surface area (TPSA) is 66.7 Å². The molecule has 0 spiro atoms. The normalized spacial score (nSPS) is 12.7. The molecule has 74 valence electrons. The molecular weight excluding hydrogens is 180 g/mol. The van der Waals surface area contributed by atoms with E-state index in [4.69, 9.17) is 0 Å². The van der Waals surface area contributed by atoms with Gasteiger partial charge in [-0.05, 0) is 19.1 Å². The highest BCUT2D eigenvalue weighted by molar-refractivity contribution is 5.94. The van der Waals surface area contributed by atoms with Crippen LogP contribution in [0.1, 0.15) is 6.92 Å². The van der Waals surface area contributed by atoms with Gasteiger partial charge in [0.25, 0.3) is 5.91 Å². The zero-order valence-corrected chi connectivity index (χ0v) is 8.14. The van der Waals surface area contributed by atoms with Crippen LogP contribution in [0.5, 0.6) is 0 Å². The van der Waals surface area contributed by atoms with Crippen molar-refractivity contribution < 1.29 is 4.79 Å². The van der Waals surface area contributed by atoms with Gasteiger partial charge >= 0.3 is 0 Å². The summed E-state index contributed by atoms with van der Waals surface area (Å²) in [5.41, 5.74) is 0.663. The molecule has 5 nitrogen and oxygen atoms in total. The van der Waals surface area contributed by atoms with E-state index < -0.39 is 6.04 Å². The number of carbonyl (C=O) groups is 1. The Balaban J connectivity index is 2.57. The van der Waals surface area contributed by atoms with Crippen molar-refractivity contribution in [3.05, 3.63) is 24.5 Å². The van der Waals surface area contributed by atoms with Crippen LogP contribution in [0.15, 0.2) is 34.8 Å². The molecule has 1 aromatic heterocycles. The summed E-state index contributed by atoms with van der Waals surface area (Å²) < 4.78 is 0. The number of amides is 1. The smallest absolute Gasteiger partial charge is 0.250 e. The van der Waals surface area contributed by atoms with Crippen molar-refractivity contribution in [1.82, 2.24) is 4.98 Å². The number of hydrogen-bond donors (Lipinski definition) is 1. The van der Waals surface area contributed by atoms with Crippen LogP contribution < -0.4 is 5.32 Å². The molecule has 0 radical (unpaired) electrons. The van der Waals surface area contributed by atoms with Crippen molar-refractivity contribution in [3.8, 4) is 0 Å². The molecule has 1 atom stereocenters. The van der Waals surface area contributed by atoms with Crippen molar-refractivity contribution in [2.45, 2.75) is 13.0 Å². The standard InChI is InChI=1S/C9H12N4O/c1-7(13-10-2)9(14)12-8-4-3-5-11-6-8/h3-7H,1-2H3,(H,12,14). The summed E-state index contributed by atoms with van der Waals surface area (Å²) >= 11 is 0. The average Bonchev–Trinajstić information content (AvgIpc) is 2.19. The maximum absolute atomic E-state index is 11.4. The molecule has 0 aliphatic carbocycles. The van der Waals surface area contributed by atoms with E-state index in [1.807, 2.05) is 0 Å². The van der Waals surface area contributed by atoms with Crippen LogP contribution in [0.4, 0.5) is 5.69 Å². The van der Waals surface area contributed by atoms with Crippen LogP contribution in [-0.4, -0.2) is 24.0 Å². The molecule has 1 heterocycles. The molecule has 0 bridgehead atoms. The Morgan fingerprint density at radius 3 is 3.00 bits per heavy atom. The molecule has 1 unspecified atom stereocenters. The van der Waals surface area contributed by atoms with Crippen LogP contribution in [0, 0.1) is 0 Å². The first-order valence-corrected chi connectivity index (χ1v) is 4.24. The summed E-state index contributed by atoms with van der Waals surface area (Å²) in [4.78, 5) is 15.3. The third-order valence-electron chi connectivity index (χ3n) is 1.60. The Hall–Kier alpha value is -1.78. The van der Waals surface area contributed by atoms with Crippen LogP contribution in [0.2, 0.25) is 0 Å². The molecule has 1 aromatic rings. The SMILES string of the molecule is CN=NC(C)C(=O)Nc1cccnc1. The van der Waals surface area contributed by atoms with Gasteiger partial charge in [0, 0.05) is 13.2 Å². The number of aromatic nitrogens is 1. The van der Waals surface area contributed by atoms with Crippen molar-refractivity contribution in [3.63, 3.8) is 0 Å². The van der Waals surface area contributed by atoms with Crippen LogP contribution in [0.3, 0.4) is 0 Å². The second-order valence-electron chi connectivity index (χ2n) is 2.72. The summed E-state index contributed by atoms with van der Waals surface area (Å²) in [6.07, 6.45) is 3.22. The highest BCUT2D eigenvalue weighted by Gasteiger charge is 2.10. The second kappa shape index (κ2) is 5.06. The number of nitrogens with one attached hydrogen (secondary N) is 1. The van der Waals surface area contributed by atoms with Crippen molar-refractivity contribution in [2.24, 2.45) is 10.2 Å². The average molecular weight is 192 g/mol. The summed E-state index contributed by atoms with van der Waals surface area (Å²) in [5.74, 6) is -0.191. The fourth-order valence-corrected chi connectivity index (χ4v) is 0.909. The third-order valence-corrected chi connectivity index (χ3v) is 1.60. The van der Waals surface area contributed by atoms with Gasteiger partial charge in [0.2, 0.25) is 0 Å². The highest BCUT2D eigenvalue weighted by atomic mass is 16.2. The summed E-state index contributed by atoms with van der Waals surface area (Å²) in [5, 5.41) is 9.93. The van der Waals surface area contributed by atoms with Gasteiger partial charge in [0.1, 0.15) is 6.04 Å². The van der Waals surface area contributed by atoms with Gasteiger partial charge in [-0.15, -0.1) is 0 Å². The van der Waals surface area contributed by atoms with Crippen LogP contribution >= 0.6 is 0 Å². The highest BCUT2D eigenvalue weighted by Crippen LogP contribution is 2.04. The van der Waals surface area contributed by atoms with Gasteiger partial charge in [-0.1, -0.05) is 0 Å². The van der Waals surface area contributed by atoms with Gasteiger partial charge in [0.15, 0.2) is 0 Å². The van der Waals surface area contributed by atoms with E-state index in [0.29, 0.717) is 5.69 Å². The van der Waals surface area contributed by atoms with E-state index in [1.54, 1.807) is 31.5 Å². The number of nitrogens with zero attached hydrogens (tertiary/aromatic N) is 3. The van der Waals surface area contributed by atoms with E-state index in [0.717, 1.165) is 0 Å². The predicted molar refractivity (Wildman–Crippen MR) is 53.1 cm³/mol. The fraction of sp³-hybridized carbons (Fsp3) is 0.333. The zero-order chi connectivity index (χ0) is 10.4. The van der Waals surface area contributed by atoms with E-state index >= 15 is 0 Å². The lowest BCUT2D eigenvalue weighted by atomic mass is 10.3. The fourth-order valence-electron chi connectivity index (χ4n) is 0.909. The maximum Gasteiger partial charge on any atom is 0.250 e. The number of carbonyl (C=O) groups excluding carboxylic acids is 1. The minimum absolute atomic E-state index is 0.191. The largest absolute Gasteiger partial charge is 0.323 e. The molecule has 0 aliphatic heterocycles. The molecule has 0 fully saturated rings. The molecule has 1 N–H and O–H groups in total. The number of azo groups is 1. The molecular formula is C9H12N4O. The first-order chi connectivity index (χ1) is 6.74. The van der Waals surface area contributed by atoms with Crippen LogP contribution in [0.25, 0.3) is 0 Å². The minimum Gasteiger partial charge on any atom is -0.323 e.